The third-order valence-corrected chi connectivity index (χ3v) is 3.65. The molecule has 0 unspecified atom stereocenters. The summed E-state index contributed by atoms with van der Waals surface area (Å²) in [5.41, 5.74) is 0. The lowest BCUT2D eigenvalue weighted by molar-refractivity contribution is 0.601. The Kier molecular flexibility index (Phi) is 3.43. The average Bonchev–Trinajstić information content (AvgIpc) is 2.69. The predicted octanol–water partition coefficient (Wildman–Crippen LogP) is 2.67. The molecule has 0 bridgehead atoms. The van der Waals surface area contributed by atoms with Gasteiger partial charge in [0.05, 0.1) is 0 Å². The van der Waals surface area contributed by atoms with E-state index in [-0.39, 0.29) is 5.82 Å². The van der Waals surface area contributed by atoms with Crippen LogP contribution in [0.4, 0.5) is 4.39 Å². The fourth-order valence-corrected chi connectivity index (χ4v) is 2.70. The van der Waals surface area contributed by atoms with Crippen LogP contribution in [0.3, 0.4) is 0 Å². The van der Waals surface area contributed by atoms with Crippen LogP contribution in [-0.4, -0.2) is 18.3 Å². The van der Waals surface area contributed by atoms with Crippen molar-refractivity contribution < 1.29 is 4.39 Å². The number of rotatable bonds is 3. The Bertz CT molecular complexity index is 297. The van der Waals surface area contributed by atoms with Crippen molar-refractivity contribution in [2.24, 2.45) is 0 Å². The van der Waals surface area contributed by atoms with E-state index in [2.05, 4.69) is 5.32 Å². The van der Waals surface area contributed by atoms with Crippen molar-refractivity contribution >= 4 is 11.8 Å². The van der Waals surface area contributed by atoms with E-state index in [0.717, 1.165) is 17.2 Å². The fourth-order valence-electron chi connectivity index (χ4n) is 1.65. The van der Waals surface area contributed by atoms with Crippen LogP contribution in [0.1, 0.15) is 12.8 Å². The second-order valence-electron chi connectivity index (χ2n) is 3.53. The molecule has 1 aliphatic rings. The summed E-state index contributed by atoms with van der Waals surface area (Å²) in [5, 5.41) is 3.40. The maximum absolute atomic E-state index is 13.2. The molecule has 1 N–H and O–H groups in total. The first-order valence-corrected chi connectivity index (χ1v) is 5.95. The average molecular weight is 211 g/mol. The lowest BCUT2D eigenvalue weighted by Crippen LogP contribution is -2.23. The highest BCUT2D eigenvalue weighted by atomic mass is 32.2. The van der Waals surface area contributed by atoms with E-state index in [9.17, 15) is 4.39 Å². The largest absolute Gasteiger partial charge is 0.313 e. The van der Waals surface area contributed by atoms with Crippen molar-refractivity contribution in [3.63, 3.8) is 0 Å². The molecule has 0 aromatic heterocycles. The second-order valence-corrected chi connectivity index (χ2v) is 4.60. The van der Waals surface area contributed by atoms with Crippen molar-refractivity contribution in [1.82, 2.24) is 5.32 Å². The van der Waals surface area contributed by atoms with Gasteiger partial charge < -0.3 is 5.32 Å². The second kappa shape index (κ2) is 4.80. The highest BCUT2D eigenvalue weighted by Gasteiger charge is 2.14. The van der Waals surface area contributed by atoms with Gasteiger partial charge in [0.15, 0.2) is 0 Å². The standard InChI is InChI=1S/C11H14FNS/c12-10-5-1-2-6-11(10)14-8-9-4-3-7-13-9/h1-2,5-6,9,13H,3-4,7-8H2/t9-/m1/s1. The highest BCUT2D eigenvalue weighted by molar-refractivity contribution is 7.99. The summed E-state index contributed by atoms with van der Waals surface area (Å²) in [6.45, 7) is 1.11. The molecule has 1 fully saturated rings. The summed E-state index contributed by atoms with van der Waals surface area (Å²) in [4.78, 5) is 0.765. The molecule has 1 aromatic rings. The molecule has 14 heavy (non-hydrogen) atoms. The molecule has 1 nitrogen and oxygen atoms in total. The molecule has 1 aromatic carbocycles. The van der Waals surface area contributed by atoms with Crippen molar-refractivity contribution in [3.05, 3.63) is 30.1 Å². The topological polar surface area (TPSA) is 12.0 Å². The van der Waals surface area contributed by atoms with Gasteiger partial charge in [0.1, 0.15) is 5.82 Å². The third-order valence-electron chi connectivity index (χ3n) is 2.44. The van der Waals surface area contributed by atoms with E-state index in [1.807, 2.05) is 12.1 Å². The molecular weight excluding hydrogens is 197 g/mol. The van der Waals surface area contributed by atoms with Crippen molar-refractivity contribution in [1.29, 1.82) is 0 Å². The van der Waals surface area contributed by atoms with Crippen LogP contribution >= 0.6 is 11.8 Å². The van der Waals surface area contributed by atoms with Gasteiger partial charge in [-0.05, 0) is 31.5 Å². The minimum absolute atomic E-state index is 0.101. The Balaban J connectivity index is 1.88. The zero-order chi connectivity index (χ0) is 9.80. The monoisotopic (exact) mass is 211 g/mol. The van der Waals surface area contributed by atoms with E-state index in [0.29, 0.717) is 6.04 Å². The number of hydrogen-bond donors (Lipinski definition) is 1. The lowest BCUT2D eigenvalue weighted by atomic mass is 10.3. The molecule has 0 amide bonds. The first-order chi connectivity index (χ1) is 6.86. The van der Waals surface area contributed by atoms with Crippen LogP contribution in [0.5, 0.6) is 0 Å². The van der Waals surface area contributed by atoms with Crippen LogP contribution in [0.15, 0.2) is 29.2 Å². The van der Waals surface area contributed by atoms with Crippen LogP contribution in [0.25, 0.3) is 0 Å². The Morgan fingerprint density at radius 2 is 2.29 bits per heavy atom. The molecule has 0 radical (unpaired) electrons. The van der Waals surface area contributed by atoms with Gasteiger partial charge in [-0.15, -0.1) is 11.8 Å². The van der Waals surface area contributed by atoms with Crippen LogP contribution in [0, 0.1) is 5.82 Å². The summed E-state index contributed by atoms with van der Waals surface area (Å²) < 4.78 is 13.2. The van der Waals surface area contributed by atoms with E-state index >= 15 is 0 Å². The van der Waals surface area contributed by atoms with Gasteiger partial charge >= 0.3 is 0 Å². The molecule has 1 aliphatic heterocycles. The predicted molar refractivity (Wildman–Crippen MR) is 58.1 cm³/mol. The van der Waals surface area contributed by atoms with Crippen molar-refractivity contribution in [3.8, 4) is 0 Å². The first kappa shape index (κ1) is 9.99. The van der Waals surface area contributed by atoms with Gasteiger partial charge in [-0.2, -0.15) is 0 Å². The number of nitrogens with one attached hydrogen (secondary N) is 1. The summed E-state index contributed by atoms with van der Waals surface area (Å²) in [6.07, 6.45) is 2.48. The minimum Gasteiger partial charge on any atom is -0.313 e. The quantitative estimate of drug-likeness (QED) is 0.771. The van der Waals surface area contributed by atoms with Gasteiger partial charge in [-0.3, -0.25) is 0 Å². The fraction of sp³-hybridized carbons (Fsp3) is 0.455. The number of thioether (sulfide) groups is 1. The van der Waals surface area contributed by atoms with E-state index in [1.165, 1.54) is 18.9 Å². The normalized spacial score (nSPS) is 21.4. The summed E-state index contributed by atoms with van der Waals surface area (Å²) >= 11 is 1.61. The molecule has 0 spiro atoms. The van der Waals surface area contributed by atoms with Crippen LogP contribution in [-0.2, 0) is 0 Å². The Morgan fingerprint density at radius 3 is 3.00 bits per heavy atom. The number of benzene rings is 1. The zero-order valence-corrected chi connectivity index (χ0v) is 8.82. The lowest BCUT2D eigenvalue weighted by Gasteiger charge is -2.09. The highest BCUT2D eigenvalue weighted by Crippen LogP contribution is 2.23. The van der Waals surface area contributed by atoms with Crippen molar-refractivity contribution in [2.45, 2.75) is 23.8 Å². The Morgan fingerprint density at radius 1 is 1.43 bits per heavy atom. The molecule has 3 heteroatoms. The van der Waals surface area contributed by atoms with Gasteiger partial charge in [0, 0.05) is 16.7 Å². The zero-order valence-electron chi connectivity index (χ0n) is 8.00. The van der Waals surface area contributed by atoms with Crippen molar-refractivity contribution in [2.75, 3.05) is 12.3 Å². The SMILES string of the molecule is Fc1ccccc1SC[C@H]1CCCN1. The number of hydrogen-bond acceptors (Lipinski definition) is 2. The molecule has 1 atom stereocenters. The molecule has 0 saturated carbocycles. The molecule has 0 aliphatic carbocycles. The summed E-state index contributed by atoms with van der Waals surface area (Å²) in [6, 6.07) is 7.54. The maximum atomic E-state index is 13.2. The number of halogens is 1. The molecule has 1 saturated heterocycles. The minimum atomic E-state index is -0.101. The third kappa shape index (κ3) is 2.49. The summed E-state index contributed by atoms with van der Waals surface area (Å²) in [5.74, 6) is 0.872. The van der Waals surface area contributed by atoms with Crippen LogP contribution in [0.2, 0.25) is 0 Å². The van der Waals surface area contributed by atoms with E-state index < -0.39 is 0 Å². The Labute approximate surface area is 88.1 Å². The molecule has 2 rings (SSSR count). The van der Waals surface area contributed by atoms with E-state index in [1.54, 1.807) is 17.8 Å². The summed E-state index contributed by atoms with van der Waals surface area (Å²) in [7, 11) is 0. The van der Waals surface area contributed by atoms with Gasteiger partial charge in [0.25, 0.3) is 0 Å². The van der Waals surface area contributed by atoms with Gasteiger partial charge in [0.2, 0.25) is 0 Å². The Hall–Kier alpha value is -0.540. The first-order valence-electron chi connectivity index (χ1n) is 4.97. The van der Waals surface area contributed by atoms with Crippen LogP contribution < -0.4 is 5.32 Å². The van der Waals surface area contributed by atoms with Gasteiger partial charge in [-0.25, -0.2) is 4.39 Å². The maximum Gasteiger partial charge on any atom is 0.136 e. The molecular formula is C11H14FNS. The van der Waals surface area contributed by atoms with Gasteiger partial charge in [-0.1, -0.05) is 12.1 Å². The van der Waals surface area contributed by atoms with E-state index in [4.69, 9.17) is 0 Å². The molecule has 1 heterocycles. The smallest absolute Gasteiger partial charge is 0.136 e. The molecule has 76 valence electrons.